The standard InChI is InChI=1S/C15H17F2N5/c16-9-3-8(4-10(17)5-9)13-1-2-14-20-22(15(19)21(13)14)12-6-11(18)7-12/h3-5,11-13,19H,1-2,6-7,18H2/p+1/t11?,12?,13-/m0/s1. The molecule has 2 aromatic rings. The van der Waals surface area contributed by atoms with Crippen LogP contribution >= 0.6 is 0 Å². The van der Waals surface area contributed by atoms with E-state index in [1.165, 1.54) is 12.1 Å². The molecule has 4 rings (SSSR count). The summed E-state index contributed by atoms with van der Waals surface area (Å²) in [5.41, 5.74) is 4.89. The van der Waals surface area contributed by atoms with E-state index in [1.54, 1.807) is 4.68 Å². The van der Waals surface area contributed by atoms with Gasteiger partial charge in [0.05, 0.1) is 18.1 Å². The average molecular weight is 306 g/mol. The fourth-order valence-electron chi connectivity index (χ4n) is 3.58. The van der Waals surface area contributed by atoms with Crippen molar-refractivity contribution in [1.29, 1.82) is 5.41 Å². The zero-order valence-corrected chi connectivity index (χ0v) is 12.1. The molecule has 1 aromatic heterocycles. The number of rotatable bonds is 2. The van der Waals surface area contributed by atoms with Gasteiger partial charge in [-0.1, -0.05) is 0 Å². The van der Waals surface area contributed by atoms with Crippen LogP contribution in [0.15, 0.2) is 18.2 Å². The largest absolute Gasteiger partial charge is 0.355 e. The molecule has 0 saturated heterocycles. The summed E-state index contributed by atoms with van der Waals surface area (Å²) in [6, 6.07) is 4.03. The lowest BCUT2D eigenvalue weighted by atomic mass is 9.88. The van der Waals surface area contributed by atoms with Crippen molar-refractivity contribution in [3.05, 3.63) is 46.8 Å². The molecule has 2 heterocycles. The molecule has 1 fully saturated rings. The summed E-state index contributed by atoms with van der Waals surface area (Å²) in [6.07, 6.45) is 3.32. The second-order valence-electron chi connectivity index (χ2n) is 6.30. The number of hydrogen-bond donors (Lipinski definition) is 2. The third-order valence-corrected chi connectivity index (χ3v) is 4.73. The second-order valence-corrected chi connectivity index (χ2v) is 6.30. The van der Waals surface area contributed by atoms with Gasteiger partial charge in [0.1, 0.15) is 17.5 Å². The van der Waals surface area contributed by atoms with Crippen LogP contribution in [0.5, 0.6) is 0 Å². The molecule has 4 N–H and O–H groups in total. The molecule has 0 unspecified atom stereocenters. The van der Waals surface area contributed by atoms with E-state index in [9.17, 15) is 8.78 Å². The van der Waals surface area contributed by atoms with E-state index in [2.05, 4.69) is 10.8 Å². The molecule has 1 saturated carbocycles. The van der Waals surface area contributed by atoms with Crippen LogP contribution in [0.3, 0.4) is 0 Å². The Bertz CT molecular complexity index is 767. The van der Waals surface area contributed by atoms with E-state index >= 15 is 0 Å². The highest BCUT2D eigenvalue weighted by Gasteiger charge is 2.35. The minimum Gasteiger partial charge on any atom is -0.355 e. The average Bonchev–Trinajstić information content (AvgIpc) is 2.95. The van der Waals surface area contributed by atoms with Gasteiger partial charge in [0.15, 0.2) is 0 Å². The Balaban J connectivity index is 1.74. The normalized spacial score (nSPS) is 26.8. The lowest BCUT2D eigenvalue weighted by Crippen LogP contribution is -2.67. The Kier molecular flexibility index (Phi) is 2.94. The Morgan fingerprint density at radius 1 is 1.18 bits per heavy atom. The molecular formula is C15H18F2N5+. The maximum Gasteiger partial charge on any atom is 0.221 e. The molecule has 0 amide bonds. The molecule has 7 heteroatoms. The third kappa shape index (κ3) is 1.99. The molecule has 5 nitrogen and oxygen atoms in total. The van der Waals surface area contributed by atoms with Crippen molar-refractivity contribution in [3.63, 3.8) is 0 Å². The van der Waals surface area contributed by atoms with Gasteiger partial charge in [0, 0.05) is 25.3 Å². The molecule has 22 heavy (non-hydrogen) atoms. The predicted octanol–water partition coefficient (Wildman–Crippen LogP) is 0.923. The Hall–Kier alpha value is -2.02. The molecule has 0 bridgehead atoms. The van der Waals surface area contributed by atoms with Crippen molar-refractivity contribution in [1.82, 2.24) is 14.3 Å². The van der Waals surface area contributed by atoms with E-state index < -0.39 is 11.6 Å². The van der Waals surface area contributed by atoms with Gasteiger partial charge >= 0.3 is 0 Å². The maximum absolute atomic E-state index is 13.5. The van der Waals surface area contributed by atoms with Gasteiger partial charge in [-0.25, -0.2) is 13.5 Å². The molecule has 1 aliphatic heterocycles. The second kappa shape index (κ2) is 4.74. The van der Waals surface area contributed by atoms with Crippen LogP contribution in [-0.4, -0.2) is 20.4 Å². The SMILES string of the molecule is N=c1n(C2CC([NH3+])C2)nc2n1[C@H](c1cc(F)cc(F)c1)CC2. The van der Waals surface area contributed by atoms with Crippen molar-refractivity contribution in [2.24, 2.45) is 0 Å². The van der Waals surface area contributed by atoms with Crippen LogP contribution < -0.4 is 11.4 Å². The number of aryl methyl sites for hydroxylation is 1. The van der Waals surface area contributed by atoms with Gasteiger partial charge in [0.25, 0.3) is 0 Å². The summed E-state index contributed by atoms with van der Waals surface area (Å²) in [4.78, 5) is 0. The minimum absolute atomic E-state index is 0.211. The van der Waals surface area contributed by atoms with E-state index in [0.717, 1.165) is 37.6 Å². The van der Waals surface area contributed by atoms with Gasteiger partial charge in [-0.3, -0.25) is 9.98 Å². The van der Waals surface area contributed by atoms with Gasteiger partial charge in [-0.2, -0.15) is 5.10 Å². The number of aromatic nitrogens is 3. The Labute approximate surface area is 125 Å². The fraction of sp³-hybridized carbons (Fsp3) is 0.467. The predicted molar refractivity (Wildman–Crippen MR) is 73.8 cm³/mol. The van der Waals surface area contributed by atoms with Crippen molar-refractivity contribution in [2.45, 2.75) is 43.8 Å². The smallest absolute Gasteiger partial charge is 0.221 e. The Morgan fingerprint density at radius 2 is 1.86 bits per heavy atom. The summed E-state index contributed by atoms with van der Waals surface area (Å²) < 4.78 is 30.5. The summed E-state index contributed by atoms with van der Waals surface area (Å²) in [5, 5.41) is 12.9. The summed E-state index contributed by atoms with van der Waals surface area (Å²) in [6.45, 7) is 0. The van der Waals surface area contributed by atoms with Crippen LogP contribution in [0.2, 0.25) is 0 Å². The van der Waals surface area contributed by atoms with Crippen LogP contribution in [0.25, 0.3) is 0 Å². The third-order valence-electron chi connectivity index (χ3n) is 4.73. The number of nitrogens with one attached hydrogen (secondary N) is 1. The topological polar surface area (TPSA) is 74.2 Å². The molecule has 1 aliphatic carbocycles. The van der Waals surface area contributed by atoms with Crippen molar-refractivity contribution >= 4 is 0 Å². The van der Waals surface area contributed by atoms with E-state index in [1.807, 2.05) is 4.57 Å². The first-order valence-corrected chi connectivity index (χ1v) is 7.56. The molecule has 2 aliphatic rings. The van der Waals surface area contributed by atoms with Gasteiger partial charge in [-0.15, -0.1) is 0 Å². The molecule has 116 valence electrons. The van der Waals surface area contributed by atoms with Crippen molar-refractivity contribution in [2.75, 3.05) is 0 Å². The number of nitrogens with zero attached hydrogens (tertiary/aromatic N) is 3. The highest BCUT2D eigenvalue weighted by atomic mass is 19.1. The molecule has 1 aromatic carbocycles. The van der Waals surface area contributed by atoms with Gasteiger partial charge in [-0.05, 0) is 24.1 Å². The van der Waals surface area contributed by atoms with Crippen LogP contribution in [-0.2, 0) is 6.42 Å². The molecule has 1 atom stereocenters. The number of benzene rings is 1. The lowest BCUT2D eigenvalue weighted by Gasteiger charge is -2.29. The molecule has 0 spiro atoms. The Morgan fingerprint density at radius 3 is 2.50 bits per heavy atom. The molecular weight excluding hydrogens is 288 g/mol. The summed E-state index contributed by atoms with van der Waals surface area (Å²) >= 11 is 0. The zero-order valence-electron chi connectivity index (χ0n) is 12.1. The van der Waals surface area contributed by atoms with E-state index in [4.69, 9.17) is 5.41 Å². The zero-order chi connectivity index (χ0) is 15.4. The minimum atomic E-state index is -0.582. The van der Waals surface area contributed by atoms with Crippen molar-refractivity contribution < 1.29 is 14.5 Å². The lowest BCUT2D eigenvalue weighted by molar-refractivity contribution is -0.443. The molecule has 0 radical (unpaired) electrons. The summed E-state index contributed by atoms with van der Waals surface area (Å²) in [5.74, 6) is -0.337. The number of fused-ring (bicyclic) bond motifs is 1. The monoisotopic (exact) mass is 306 g/mol. The first-order chi connectivity index (χ1) is 10.5. The van der Waals surface area contributed by atoms with Gasteiger partial charge in [0.2, 0.25) is 5.62 Å². The van der Waals surface area contributed by atoms with Crippen LogP contribution in [0, 0.1) is 17.0 Å². The van der Waals surface area contributed by atoms with Crippen molar-refractivity contribution in [3.8, 4) is 0 Å². The summed E-state index contributed by atoms with van der Waals surface area (Å²) in [7, 11) is 0. The quantitative estimate of drug-likeness (QED) is 0.851. The fourth-order valence-corrected chi connectivity index (χ4v) is 3.58. The van der Waals surface area contributed by atoms with E-state index in [-0.39, 0.29) is 12.1 Å². The van der Waals surface area contributed by atoms with Gasteiger partial charge < -0.3 is 5.73 Å². The van der Waals surface area contributed by atoms with E-state index in [0.29, 0.717) is 17.2 Å². The first-order valence-electron chi connectivity index (χ1n) is 7.56. The van der Waals surface area contributed by atoms with Crippen LogP contribution in [0.4, 0.5) is 8.78 Å². The maximum atomic E-state index is 13.5. The van der Waals surface area contributed by atoms with Crippen LogP contribution in [0.1, 0.15) is 42.7 Å². The number of hydrogen-bond acceptors (Lipinski definition) is 2. The number of halogens is 2. The first kappa shape index (κ1) is 13.6. The number of quaternary nitrogens is 1. The highest BCUT2D eigenvalue weighted by Crippen LogP contribution is 2.33. The highest BCUT2D eigenvalue weighted by molar-refractivity contribution is 5.24.